The Labute approximate surface area is 124 Å². The molecule has 0 aliphatic carbocycles. The van der Waals surface area contributed by atoms with Gasteiger partial charge >= 0.3 is 0 Å². The van der Waals surface area contributed by atoms with Gasteiger partial charge in [0.15, 0.2) is 0 Å². The molecule has 1 saturated heterocycles. The Hall–Kier alpha value is -0.860. The minimum atomic E-state index is 0.493. The summed E-state index contributed by atoms with van der Waals surface area (Å²) in [5.74, 6) is 0. The molecule has 112 valence electrons. The van der Waals surface area contributed by atoms with Crippen molar-refractivity contribution in [3.63, 3.8) is 0 Å². The van der Waals surface area contributed by atoms with Crippen LogP contribution in [0.1, 0.15) is 57.6 Å². The van der Waals surface area contributed by atoms with Crippen molar-refractivity contribution in [3.05, 3.63) is 35.9 Å². The van der Waals surface area contributed by atoms with Crippen LogP contribution in [0.2, 0.25) is 0 Å². The highest BCUT2D eigenvalue weighted by Crippen LogP contribution is 2.20. The van der Waals surface area contributed by atoms with E-state index in [1.54, 1.807) is 0 Å². The second kappa shape index (κ2) is 8.43. The summed E-state index contributed by atoms with van der Waals surface area (Å²) < 4.78 is 0. The van der Waals surface area contributed by atoms with Crippen molar-refractivity contribution >= 4 is 0 Å². The summed E-state index contributed by atoms with van der Waals surface area (Å²) >= 11 is 0. The summed E-state index contributed by atoms with van der Waals surface area (Å²) in [5, 5.41) is 3.72. The quantitative estimate of drug-likeness (QED) is 0.789. The Morgan fingerprint density at radius 1 is 1.15 bits per heavy atom. The van der Waals surface area contributed by atoms with Gasteiger partial charge in [-0.1, -0.05) is 56.5 Å². The Kier molecular flexibility index (Phi) is 6.55. The van der Waals surface area contributed by atoms with E-state index in [1.165, 1.54) is 44.2 Å². The molecule has 2 rings (SSSR count). The first-order valence-electron chi connectivity index (χ1n) is 8.33. The average Bonchev–Trinajstić information content (AvgIpc) is 2.67. The monoisotopic (exact) mass is 274 g/mol. The molecule has 0 aromatic heterocycles. The van der Waals surface area contributed by atoms with Gasteiger partial charge in [0.2, 0.25) is 0 Å². The molecule has 1 N–H and O–H groups in total. The lowest BCUT2D eigenvalue weighted by Gasteiger charge is -2.29. The number of hydrogen-bond donors (Lipinski definition) is 1. The van der Waals surface area contributed by atoms with Crippen LogP contribution in [0.5, 0.6) is 0 Å². The van der Waals surface area contributed by atoms with Gasteiger partial charge in [0.1, 0.15) is 0 Å². The van der Waals surface area contributed by atoms with E-state index >= 15 is 0 Å². The minimum Gasteiger partial charge on any atom is -0.309 e. The zero-order chi connectivity index (χ0) is 14.2. The van der Waals surface area contributed by atoms with Gasteiger partial charge in [0.05, 0.1) is 0 Å². The first-order chi connectivity index (χ1) is 9.81. The van der Waals surface area contributed by atoms with E-state index in [1.807, 2.05) is 0 Å². The van der Waals surface area contributed by atoms with Gasteiger partial charge in [0.25, 0.3) is 0 Å². The van der Waals surface area contributed by atoms with Gasteiger partial charge in [-0.05, 0) is 38.4 Å². The lowest BCUT2D eigenvalue weighted by atomic mass is 10.1. The van der Waals surface area contributed by atoms with Crippen LogP contribution >= 0.6 is 0 Å². The molecule has 1 aliphatic rings. The summed E-state index contributed by atoms with van der Waals surface area (Å²) in [7, 11) is 0. The highest BCUT2D eigenvalue weighted by Gasteiger charge is 2.23. The molecule has 1 aliphatic heterocycles. The molecule has 2 nitrogen and oxygen atoms in total. The molecule has 0 radical (unpaired) electrons. The van der Waals surface area contributed by atoms with Crippen molar-refractivity contribution in [2.45, 2.75) is 58.0 Å². The van der Waals surface area contributed by atoms with Crippen LogP contribution < -0.4 is 5.32 Å². The predicted octanol–water partition coefficient (Wildman–Crippen LogP) is 3.99. The first kappa shape index (κ1) is 15.5. The third-order valence-corrected chi connectivity index (χ3v) is 4.49. The molecule has 1 heterocycles. The maximum Gasteiger partial charge on any atom is 0.0449 e. The standard InChI is InChI=1S/C18H30N2/c1-3-4-5-9-14-20-15-18(19-13-12-16(20)2)17-10-7-6-8-11-17/h6-8,10-11,16,18-19H,3-5,9,12-15H2,1-2H3. The molecule has 1 fully saturated rings. The Morgan fingerprint density at radius 2 is 1.95 bits per heavy atom. The fourth-order valence-electron chi connectivity index (χ4n) is 3.09. The topological polar surface area (TPSA) is 15.3 Å². The minimum absolute atomic E-state index is 0.493. The first-order valence-corrected chi connectivity index (χ1v) is 8.33. The molecule has 0 saturated carbocycles. The molecule has 20 heavy (non-hydrogen) atoms. The number of nitrogens with zero attached hydrogens (tertiary/aromatic N) is 1. The van der Waals surface area contributed by atoms with E-state index in [2.05, 4.69) is 54.4 Å². The fourth-order valence-corrected chi connectivity index (χ4v) is 3.09. The zero-order valence-corrected chi connectivity index (χ0v) is 13.1. The van der Waals surface area contributed by atoms with Crippen molar-refractivity contribution in [1.82, 2.24) is 10.2 Å². The van der Waals surface area contributed by atoms with Crippen LogP contribution in [-0.4, -0.2) is 30.6 Å². The molecular weight excluding hydrogens is 244 g/mol. The molecule has 1 aromatic rings. The van der Waals surface area contributed by atoms with Crippen LogP contribution in [0.25, 0.3) is 0 Å². The molecule has 0 amide bonds. The maximum atomic E-state index is 3.72. The van der Waals surface area contributed by atoms with Crippen molar-refractivity contribution in [2.75, 3.05) is 19.6 Å². The van der Waals surface area contributed by atoms with Crippen LogP contribution in [0.15, 0.2) is 30.3 Å². The van der Waals surface area contributed by atoms with E-state index in [-0.39, 0.29) is 0 Å². The third kappa shape index (κ3) is 4.60. The lowest BCUT2D eigenvalue weighted by Crippen LogP contribution is -2.36. The van der Waals surface area contributed by atoms with Crippen LogP contribution in [0.4, 0.5) is 0 Å². The van der Waals surface area contributed by atoms with Crippen molar-refractivity contribution in [2.24, 2.45) is 0 Å². The van der Waals surface area contributed by atoms with Crippen LogP contribution in [0.3, 0.4) is 0 Å². The van der Waals surface area contributed by atoms with Gasteiger partial charge in [0, 0.05) is 18.6 Å². The summed E-state index contributed by atoms with van der Waals surface area (Å²) in [4.78, 5) is 2.69. The largest absolute Gasteiger partial charge is 0.309 e. The lowest BCUT2D eigenvalue weighted by molar-refractivity contribution is 0.200. The Balaban J connectivity index is 1.92. The maximum absolute atomic E-state index is 3.72. The normalized spacial score (nSPS) is 24.5. The van der Waals surface area contributed by atoms with E-state index in [0.29, 0.717) is 12.1 Å². The van der Waals surface area contributed by atoms with Crippen molar-refractivity contribution in [1.29, 1.82) is 0 Å². The third-order valence-electron chi connectivity index (χ3n) is 4.49. The van der Waals surface area contributed by atoms with Gasteiger partial charge < -0.3 is 5.32 Å². The van der Waals surface area contributed by atoms with Crippen molar-refractivity contribution in [3.8, 4) is 0 Å². The van der Waals surface area contributed by atoms with E-state index < -0.39 is 0 Å². The number of benzene rings is 1. The smallest absolute Gasteiger partial charge is 0.0449 e. The van der Waals surface area contributed by atoms with E-state index in [0.717, 1.165) is 13.1 Å². The number of rotatable bonds is 6. The van der Waals surface area contributed by atoms with Gasteiger partial charge in [-0.2, -0.15) is 0 Å². The van der Waals surface area contributed by atoms with Crippen molar-refractivity contribution < 1.29 is 0 Å². The van der Waals surface area contributed by atoms with E-state index in [4.69, 9.17) is 0 Å². The summed E-state index contributed by atoms with van der Waals surface area (Å²) in [6, 6.07) is 12.1. The molecule has 2 heteroatoms. The Bertz CT molecular complexity index is 363. The summed E-state index contributed by atoms with van der Waals surface area (Å²) in [6.45, 7) is 8.20. The average molecular weight is 274 g/mol. The van der Waals surface area contributed by atoms with Gasteiger partial charge in [-0.25, -0.2) is 0 Å². The summed E-state index contributed by atoms with van der Waals surface area (Å²) in [5.41, 5.74) is 1.43. The molecule has 0 spiro atoms. The molecular formula is C18H30N2. The molecule has 2 unspecified atom stereocenters. The van der Waals surface area contributed by atoms with Gasteiger partial charge in [-0.15, -0.1) is 0 Å². The number of nitrogens with one attached hydrogen (secondary N) is 1. The summed E-state index contributed by atoms with van der Waals surface area (Å²) in [6.07, 6.45) is 6.69. The molecule has 1 aromatic carbocycles. The zero-order valence-electron chi connectivity index (χ0n) is 13.1. The SMILES string of the molecule is CCCCCCN1CC(c2ccccc2)NCCC1C. The second-order valence-corrected chi connectivity index (χ2v) is 6.11. The predicted molar refractivity (Wildman–Crippen MR) is 87.0 cm³/mol. The fraction of sp³-hybridized carbons (Fsp3) is 0.667. The van der Waals surface area contributed by atoms with E-state index in [9.17, 15) is 0 Å². The number of unbranched alkanes of at least 4 members (excludes halogenated alkanes) is 3. The second-order valence-electron chi connectivity index (χ2n) is 6.11. The highest BCUT2D eigenvalue weighted by molar-refractivity contribution is 5.19. The van der Waals surface area contributed by atoms with Gasteiger partial charge in [-0.3, -0.25) is 4.90 Å². The number of hydrogen-bond acceptors (Lipinski definition) is 2. The molecule has 0 bridgehead atoms. The van der Waals surface area contributed by atoms with Crippen LogP contribution in [0, 0.1) is 0 Å². The highest BCUT2D eigenvalue weighted by atomic mass is 15.2. The molecule has 2 atom stereocenters. The van der Waals surface area contributed by atoms with Crippen LogP contribution in [-0.2, 0) is 0 Å². The Morgan fingerprint density at radius 3 is 2.70 bits per heavy atom.